The monoisotopic (exact) mass is 281 g/mol. The van der Waals surface area contributed by atoms with Crippen molar-refractivity contribution in [3.63, 3.8) is 0 Å². The van der Waals surface area contributed by atoms with Gasteiger partial charge in [0.15, 0.2) is 10.3 Å². The Balaban J connectivity index is 1.99. The molecule has 1 aliphatic rings. The molecule has 92 valence electrons. The maximum Gasteiger partial charge on any atom is 0.251 e. The number of carbonyl (C=O) groups is 1. The van der Waals surface area contributed by atoms with Gasteiger partial charge in [-0.1, -0.05) is 23.2 Å². The third-order valence-electron chi connectivity index (χ3n) is 2.76. The molecule has 0 saturated heterocycles. The second-order valence-corrected chi connectivity index (χ2v) is 4.97. The van der Waals surface area contributed by atoms with Crippen LogP contribution < -0.4 is 5.32 Å². The van der Waals surface area contributed by atoms with Crippen molar-refractivity contribution in [3.8, 4) is 0 Å². The van der Waals surface area contributed by atoms with E-state index in [1.807, 2.05) is 0 Å². The maximum absolute atomic E-state index is 11.9. The minimum Gasteiger partial charge on any atom is -0.349 e. The molecule has 18 heavy (non-hydrogen) atoms. The highest BCUT2D eigenvalue weighted by Gasteiger charge is 2.23. The molecule has 1 aliphatic carbocycles. The van der Waals surface area contributed by atoms with Crippen LogP contribution in [0.1, 0.15) is 23.2 Å². The van der Waals surface area contributed by atoms with Gasteiger partial charge in [-0.05, 0) is 31.0 Å². The zero-order valence-electron chi connectivity index (χ0n) is 9.28. The zero-order chi connectivity index (χ0) is 12.7. The molecule has 1 aromatic carbocycles. The second-order valence-electron chi connectivity index (χ2n) is 4.26. The normalized spacial score (nSPS) is 14.8. The second kappa shape index (κ2) is 4.37. The number of halogens is 2. The van der Waals surface area contributed by atoms with Gasteiger partial charge in [0.25, 0.3) is 5.91 Å². The molecule has 3 rings (SSSR count). The number of rotatable bonds is 2. The molecule has 0 aliphatic heterocycles. The average molecular weight is 282 g/mol. The third-order valence-corrected chi connectivity index (χ3v) is 3.38. The lowest BCUT2D eigenvalue weighted by molar-refractivity contribution is 0.0951. The van der Waals surface area contributed by atoms with Gasteiger partial charge in [-0.3, -0.25) is 4.79 Å². The Morgan fingerprint density at radius 2 is 1.83 bits per heavy atom. The number of carbonyl (C=O) groups excluding carboxylic acids is 1. The number of fused-ring (bicyclic) bond motifs is 1. The predicted molar refractivity (Wildman–Crippen MR) is 70.0 cm³/mol. The SMILES string of the molecule is O=C(NC1CC1)c1ccc2nc(Cl)c(Cl)nc2c1. The fourth-order valence-corrected chi connectivity index (χ4v) is 1.92. The van der Waals surface area contributed by atoms with Crippen LogP contribution in [0.25, 0.3) is 11.0 Å². The maximum atomic E-state index is 11.9. The van der Waals surface area contributed by atoms with Crippen LogP contribution in [0, 0.1) is 0 Å². The lowest BCUT2D eigenvalue weighted by atomic mass is 10.2. The molecule has 0 bridgehead atoms. The molecular weight excluding hydrogens is 273 g/mol. The molecular formula is C12H9Cl2N3O. The van der Waals surface area contributed by atoms with Gasteiger partial charge in [-0.2, -0.15) is 0 Å². The molecule has 4 nitrogen and oxygen atoms in total. The average Bonchev–Trinajstić information content (AvgIpc) is 3.14. The van der Waals surface area contributed by atoms with E-state index in [2.05, 4.69) is 15.3 Å². The van der Waals surface area contributed by atoms with Crippen LogP contribution in [0.5, 0.6) is 0 Å². The van der Waals surface area contributed by atoms with Crippen molar-refractivity contribution in [1.82, 2.24) is 15.3 Å². The van der Waals surface area contributed by atoms with Crippen LogP contribution >= 0.6 is 23.2 Å². The summed E-state index contributed by atoms with van der Waals surface area (Å²) in [6.07, 6.45) is 2.11. The first-order valence-electron chi connectivity index (χ1n) is 5.57. The Hall–Kier alpha value is -1.39. The Morgan fingerprint density at radius 1 is 1.17 bits per heavy atom. The highest BCUT2D eigenvalue weighted by Crippen LogP contribution is 2.23. The highest BCUT2D eigenvalue weighted by molar-refractivity contribution is 6.40. The Bertz CT molecular complexity index is 641. The molecule has 6 heteroatoms. The van der Waals surface area contributed by atoms with Crippen molar-refractivity contribution in [3.05, 3.63) is 34.1 Å². The highest BCUT2D eigenvalue weighted by atomic mass is 35.5. The van der Waals surface area contributed by atoms with Crippen LogP contribution in [-0.2, 0) is 0 Å². The minimum absolute atomic E-state index is 0.0905. The number of nitrogens with zero attached hydrogens (tertiary/aromatic N) is 2. The molecule has 2 aromatic rings. The standard InChI is InChI=1S/C12H9Cl2N3O/c13-10-11(14)17-9-5-6(1-4-8(9)16-10)12(18)15-7-2-3-7/h1,4-5,7H,2-3H2,(H,15,18). The molecule has 1 N–H and O–H groups in total. The van der Waals surface area contributed by atoms with Crippen molar-refractivity contribution in [2.24, 2.45) is 0 Å². The lowest BCUT2D eigenvalue weighted by Gasteiger charge is -2.05. The quantitative estimate of drug-likeness (QED) is 0.921. The van der Waals surface area contributed by atoms with Crippen molar-refractivity contribution in [2.75, 3.05) is 0 Å². The van der Waals surface area contributed by atoms with E-state index in [0.717, 1.165) is 12.8 Å². The first-order valence-corrected chi connectivity index (χ1v) is 6.33. The van der Waals surface area contributed by atoms with Crippen molar-refractivity contribution >= 4 is 40.1 Å². The van der Waals surface area contributed by atoms with E-state index in [1.165, 1.54) is 0 Å². The first kappa shape index (κ1) is 11.7. The van der Waals surface area contributed by atoms with E-state index in [-0.39, 0.29) is 16.2 Å². The summed E-state index contributed by atoms with van der Waals surface area (Å²) < 4.78 is 0. The van der Waals surface area contributed by atoms with Gasteiger partial charge in [0.05, 0.1) is 11.0 Å². The van der Waals surface area contributed by atoms with E-state index in [4.69, 9.17) is 23.2 Å². The van der Waals surface area contributed by atoms with Gasteiger partial charge in [0.1, 0.15) is 0 Å². The minimum atomic E-state index is -0.0905. The summed E-state index contributed by atoms with van der Waals surface area (Å²) in [4.78, 5) is 20.1. The van der Waals surface area contributed by atoms with Gasteiger partial charge >= 0.3 is 0 Å². The van der Waals surface area contributed by atoms with E-state index in [0.29, 0.717) is 22.6 Å². The summed E-state index contributed by atoms with van der Waals surface area (Å²) in [5.41, 5.74) is 1.74. The fraction of sp³-hybridized carbons (Fsp3) is 0.250. The van der Waals surface area contributed by atoms with Crippen LogP contribution in [0.15, 0.2) is 18.2 Å². The van der Waals surface area contributed by atoms with Crippen LogP contribution in [0.2, 0.25) is 10.3 Å². The Morgan fingerprint density at radius 3 is 2.50 bits per heavy atom. The molecule has 1 fully saturated rings. The lowest BCUT2D eigenvalue weighted by Crippen LogP contribution is -2.25. The molecule has 1 aromatic heterocycles. The molecule has 0 atom stereocenters. The summed E-state index contributed by atoms with van der Waals surface area (Å²) in [7, 11) is 0. The molecule has 0 radical (unpaired) electrons. The van der Waals surface area contributed by atoms with Gasteiger partial charge in [-0.15, -0.1) is 0 Å². The van der Waals surface area contributed by atoms with Crippen LogP contribution in [-0.4, -0.2) is 21.9 Å². The van der Waals surface area contributed by atoms with Gasteiger partial charge in [0.2, 0.25) is 0 Å². The molecule has 1 heterocycles. The summed E-state index contributed by atoms with van der Waals surface area (Å²) in [6, 6.07) is 5.42. The molecule has 0 spiro atoms. The van der Waals surface area contributed by atoms with Crippen LogP contribution in [0.4, 0.5) is 0 Å². The van der Waals surface area contributed by atoms with E-state index < -0.39 is 0 Å². The summed E-state index contributed by atoms with van der Waals surface area (Å²) in [6.45, 7) is 0. The van der Waals surface area contributed by atoms with Crippen molar-refractivity contribution in [1.29, 1.82) is 0 Å². The number of hydrogen-bond acceptors (Lipinski definition) is 3. The van der Waals surface area contributed by atoms with Gasteiger partial charge in [-0.25, -0.2) is 9.97 Å². The van der Waals surface area contributed by atoms with Crippen molar-refractivity contribution < 1.29 is 4.79 Å². The topological polar surface area (TPSA) is 54.9 Å². The number of nitrogens with one attached hydrogen (secondary N) is 1. The van der Waals surface area contributed by atoms with E-state index >= 15 is 0 Å². The van der Waals surface area contributed by atoms with E-state index in [1.54, 1.807) is 18.2 Å². The number of benzene rings is 1. The largest absolute Gasteiger partial charge is 0.349 e. The Labute approximate surface area is 113 Å². The number of aromatic nitrogens is 2. The summed E-state index contributed by atoms with van der Waals surface area (Å²) in [5.74, 6) is -0.0905. The molecule has 1 amide bonds. The zero-order valence-corrected chi connectivity index (χ0v) is 10.8. The smallest absolute Gasteiger partial charge is 0.251 e. The van der Waals surface area contributed by atoms with Gasteiger partial charge in [0, 0.05) is 11.6 Å². The molecule has 0 unspecified atom stereocenters. The first-order chi connectivity index (χ1) is 8.63. The predicted octanol–water partition coefficient (Wildman–Crippen LogP) is 2.83. The number of hydrogen-bond donors (Lipinski definition) is 1. The molecule has 1 saturated carbocycles. The van der Waals surface area contributed by atoms with Gasteiger partial charge < -0.3 is 5.32 Å². The summed E-state index contributed by atoms with van der Waals surface area (Å²) in [5, 5.41) is 3.22. The van der Waals surface area contributed by atoms with E-state index in [9.17, 15) is 4.79 Å². The third kappa shape index (κ3) is 2.26. The van der Waals surface area contributed by atoms with Crippen LogP contribution in [0.3, 0.4) is 0 Å². The summed E-state index contributed by atoms with van der Waals surface area (Å²) >= 11 is 11.6. The number of amides is 1. The Kier molecular flexibility index (Phi) is 2.84. The fourth-order valence-electron chi connectivity index (χ4n) is 1.65. The van der Waals surface area contributed by atoms with Crippen molar-refractivity contribution in [2.45, 2.75) is 18.9 Å².